The van der Waals surface area contributed by atoms with Gasteiger partial charge in [0.2, 0.25) is 5.91 Å². The zero-order valence-electron chi connectivity index (χ0n) is 11.3. The lowest BCUT2D eigenvalue weighted by atomic mass is 9.89. The van der Waals surface area contributed by atoms with Crippen LogP contribution in [0.3, 0.4) is 0 Å². The zero-order chi connectivity index (χ0) is 14.2. The van der Waals surface area contributed by atoms with Crippen LogP contribution in [0.1, 0.15) is 20.8 Å². The van der Waals surface area contributed by atoms with Crippen LogP contribution >= 0.6 is 0 Å². The van der Waals surface area contributed by atoms with Gasteiger partial charge in [0, 0.05) is 5.69 Å². The number of ether oxygens (including phenoxy) is 1. The van der Waals surface area contributed by atoms with Gasteiger partial charge in [-0.2, -0.15) is 0 Å². The number of amides is 1. The molecule has 1 aliphatic heterocycles. The van der Waals surface area contributed by atoms with Crippen molar-refractivity contribution >= 4 is 17.3 Å². The van der Waals surface area contributed by atoms with Gasteiger partial charge in [0.15, 0.2) is 0 Å². The van der Waals surface area contributed by atoms with Gasteiger partial charge in [-0.25, -0.2) is 4.39 Å². The molecule has 19 heavy (non-hydrogen) atoms. The lowest BCUT2D eigenvalue weighted by Crippen LogP contribution is -2.32. The molecule has 0 radical (unpaired) electrons. The van der Waals surface area contributed by atoms with Gasteiger partial charge in [-0.15, -0.1) is 0 Å². The van der Waals surface area contributed by atoms with Crippen LogP contribution in [0.4, 0.5) is 15.8 Å². The first-order valence-corrected chi connectivity index (χ1v) is 6.41. The molecule has 0 aromatic heterocycles. The van der Waals surface area contributed by atoms with Crippen LogP contribution in [0.25, 0.3) is 0 Å². The molecular formula is C14H19FN2O2. The van der Waals surface area contributed by atoms with E-state index in [0.717, 1.165) is 0 Å². The fourth-order valence-corrected chi connectivity index (χ4v) is 2.57. The highest BCUT2D eigenvalue weighted by molar-refractivity contribution is 5.93. The van der Waals surface area contributed by atoms with E-state index in [1.807, 2.05) is 20.8 Å². The Morgan fingerprint density at radius 1 is 1.32 bits per heavy atom. The van der Waals surface area contributed by atoms with Crippen LogP contribution in [0.15, 0.2) is 18.2 Å². The summed E-state index contributed by atoms with van der Waals surface area (Å²) in [5.74, 6) is -0.910. The topological polar surface area (TPSA) is 64.3 Å². The Morgan fingerprint density at radius 2 is 2.00 bits per heavy atom. The number of rotatable bonds is 2. The largest absolute Gasteiger partial charge is 0.399 e. The van der Waals surface area contributed by atoms with Crippen LogP contribution < -0.4 is 11.1 Å². The lowest BCUT2D eigenvalue weighted by molar-refractivity contribution is -0.122. The molecule has 4 unspecified atom stereocenters. The van der Waals surface area contributed by atoms with E-state index in [1.165, 1.54) is 12.1 Å². The summed E-state index contributed by atoms with van der Waals surface area (Å²) in [6, 6.07) is 4.21. The highest BCUT2D eigenvalue weighted by Crippen LogP contribution is 2.33. The highest BCUT2D eigenvalue weighted by Gasteiger charge is 2.41. The number of halogens is 1. The zero-order valence-corrected chi connectivity index (χ0v) is 11.3. The van der Waals surface area contributed by atoms with Crippen molar-refractivity contribution in [1.29, 1.82) is 0 Å². The number of nitrogen functional groups attached to an aromatic ring is 1. The number of hydrogen-bond acceptors (Lipinski definition) is 3. The van der Waals surface area contributed by atoms with E-state index >= 15 is 0 Å². The minimum atomic E-state index is -0.527. The molecule has 0 aliphatic carbocycles. The molecule has 104 valence electrons. The molecule has 1 aliphatic rings. The van der Waals surface area contributed by atoms with Crippen molar-refractivity contribution in [1.82, 2.24) is 0 Å². The molecule has 3 N–H and O–H groups in total. The van der Waals surface area contributed by atoms with Crippen LogP contribution in [-0.2, 0) is 9.53 Å². The summed E-state index contributed by atoms with van der Waals surface area (Å²) >= 11 is 0. The summed E-state index contributed by atoms with van der Waals surface area (Å²) in [6.07, 6.45) is -0.135. The fourth-order valence-electron chi connectivity index (χ4n) is 2.57. The Labute approximate surface area is 112 Å². The minimum Gasteiger partial charge on any atom is -0.399 e. The number of hydrogen-bond donors (Lipinski definition) is 2. The summed E-state index contributed by atoms with van der Waals surface area (Å²) in [6.45, 7) is 5.78. The molecule has 0 spiro atoms. The number of nitrogens with one attached hydrogen (secondary N) is 1. The van der Waals surface area contributed by atoms with Gasteiger partial charge in [-0.3, -0.25) is 4.79 Å². The first-order chi connectivity index (χ1) is 8.90. The Kier molecular flexibility index (Phi) is 3.75. The normalized spacial score (nSPS) is 30.3. The molecule has 4 atom stereocenters. The quantitative estimate of drug-likeness (QED) is 0.808. The summed E-state index contributed by atoms with van der Waals surface area (Å²) in [7, 11) is 0. The Bertz CT molecular complexity index is 492. The number of carbonyl (C=O) groups excluding carboxylic acids is 1. The Morgan fingerprint density at radius 3 is 2.53 bits per heavy atom. The molecule has 1 aromatic carbocycles. The molecule has 4 nitrogen and oxygen atoms in total. The molecule has 1 saturated heterocycles. The second-order valence-corrected chi connectivity index (χ2v) is 5.16. The summed E-state index contributed by atoms with van der Waals surface area (Å²) in [5.41, 5.74) is 5.95. The summed E-state index contributed by atoms with van der Waals surface area (Å²) in [5, 5.41) is 2.61. The standard InChI is InChI=1S/C14H19FN2O2/c1-7-8(2)19-9(3)13(7)14(18)17-12-5-4-10(16)6-11(12)15/h4-9,13H,16H2,1-3H3,(H,17,18). The molecular weight excluding hydrogens is 247 g/mol. The Hall–Kier alpha value is -1.62. The van der Waals surface area contributed by atoms with Gasteiger partial charge in [0.25, 0.3) is 0 Å². The van der Waals surface area contributed by atoms with E-state index in [1.54, 1.807) is 6.07 Å². The van der Waals surface area contributed by atoms with Gasteiger partial charge in [0.1, 0.15) is 5.82 Å². The van der Waals surface area contributed by atoms with Crippen LogP contribution in [-0.4, -0.2) is 18.1 Å². The van der Waals surface area contributed by atoms with Crippen molar-refractivity contribution in [3.05, 3.63) is 24.0 Å². The van der Waals surface area contributed by atoms with Crippen LogP contribution in [0.5, 0.6) is 0 Å². The van der Waals surface area contributed by atoms with Crippen molar-refractivity contribution < 1.29 is 13.9 Å². The average molecular weight is 266 g/mol. The van der Waals surface area contributed by atoms with E-state index in [9.17, 15) is 9.18 Å². The van der Waals surface area contributed by atoms with Gasteiger partial charge < -0.3 is 15.8 Å². The van der Waals surface area contributed by atoms with E-state index in [-0.39, 0.29) is 35.6 Å². The SMILES string of the molecule is CC1OC(C)C(C(=O)Nc2ccc(N)cc2F)C1C. The third-order valence-electron chi connectivity index (χ3n) is 3.80. The van der Waals surface area contributed by atoms with E-state index in [2.05, 4.69) is 5.32 Å². The van der Waals surface area contributed by atoms with Crippen molar-refractivity contribution in [2.24, 2.45) is 11.8 Å². The number of carbonyl (C=O) groups is 1. The van der Waals surface area contributed by atoms with Crippen LogP contribution in [0.2, 0.25) is 0 Å². The van der Waals surface area contributed by atoms with Crippen molar-refractivity contribution in [3.8, 4) is 0 Å². The van der Waals surface area contributed by atoms with E-state index < -0.39 is 5.82 Å². The molecule has 1 aromatic rings. The minimum absolute atomic E-state index is 0.0296. The molecule has 1 heterocycles. The second kappa shape index (κ2) is 5.17. The summed E-state index contributed by atoms with van der Waals surface area (Å²) < 4.78 is 19.3. The van der Waals surface area contributed by atoms with E-state index in [0.29, 0.717) is 5.69 Å². The van der Waals surface area contributed by atoms with E-state index in [4.69, 9.17) is 10.5 Å². The third-order valence-corrected chi connectivity index (χ3v) is 3.80. The fraction of sp³-hybridized carbons (Fsp3) is 0.500. The monoisotopic (exact) mass is 266 g/mol. The Balaban J connectivity index is 2.13. The van der Waals surface area contributed by atoms with Gasteiger partial charge >= 0.3 is 0 Å². The molecule has 0 bridgehead atoms. The molecule has 2 rings (SSSR count). The molecule has 5 heteroatoms. The maximum absolute atomic E-state index is 13.6. The number of anilines is 2. The molecule has 1 amide bonds. The van der Waals surface area contributed by atoms with Crippen molar-refractivity contribution in [2.45, 2.75) is 33.0 Å². The maximum Gasteiger partial charge on any atom is 0.230 e. The molecule has 0 saturated carbocycles. The number of benzene rings is 1. The predicted octanol–water partition coefficient (Wildman–Crippen LogP) is 2.41. The first-order valence-electron chi connectivity index (χ1n) is 6.41. The van der Waals surface area contributed by atoms with Gasteiger partial charge in [-0.1, -0.05) is 6.92 Å². The first kappa shape index (κ1) is 13.8. The highest BCUT2D eigenvalue weighted by atomic mass is 19.1. The summed E-state index contributed by atoms with van der Waals surface area (Å²) in [4.78, 5) is 12.2. The number of nitrogens with two attached hydrogens (primary N) is 1. The van der Waals surface area contributed by atoms with Crippen molar-refractivity contribution in [3.63, 3.8) is 0 Å². The second-order valence-electron chi connectivity index (χ2n) is 5.16. The lowest BCUT2D eigenvalue weighted by Gasteiger charge is -2.18. The van der Waals surface area contributed by atoms with Crippen LogP contribution in [0, 0.1) is 17.7 Å². The van der Waals surface area contributed by atoms with Gasteiger partial charge in [-0.05, 0) is 38.0 Å². The molecule has 1 fully saturated rings. The van der Waals surface area contributed by atoms with Crippen molar-refractivity contribution in [2.75, 3.05) is 11.1 Å². The average Bonchev–Trinajstić information content (AvgIpc) is 2.57. The van der Waals surface area contributed by atoms with Gasteiger partial charge in [0.05, 0.1) is 23.8 Å². The maximum atomic E-state index is 13.6. The predicted molar refractivity (Wildman–Crippen MR) is 72.1 cm³/mol. The third kappa shape index (κ3) is 2.71. The smallest absolute Gasteiger partial charge is 0.230 e.